The summed E-state index contributed by atoms with van der Waals surface area (Å²) < 4.78 is 31.8. The van der Waals surface area contributed by atoms with Crippen LogP contribution in [0.15, 0.2) is 60.0 Å². The van der Waals surface area contributed by atoms with E-state index in [-0.39, 0.29) is 22.8 Å². The number of hydrogen-bond acceptors (Lipinski definition) is 7. The molecule has 10 nitrogen and oxygen atoms in total. The molecule has 11 heteroatoms. The van der Waals surface area contributed by atoms with Gasteiger partial charge in [-0.1, -0.05) is 23.8 Å². The zero-order valence-electron chi connectivity index (χ0n) is 19.2. The van der Waals surface area contributed by atoms with Gasteiger partial charge in [0.25, 0.3) is 10.0 Å². The summed E-state index contributed by atoms with van der Waals surface area (Å²) in [4.78, 5) is 32.0. The van der Waals surface area contributed by atoms with Gasteiger partial charge in [-0.05, 0) is 57.9 Å². The number of pyridine rings is 1. The highest BCUT2D eigenvalue weighted by atomic mass is 32.2. The molecule has 2 N–H and O–H groups in total. The Morgan fingerprint density at radius 3 is 2.35 bits per heavy atom. The number of hydrogen-bond donors (Lipinski definition) is 2. The lowest BCUT2D eigenvalue weighted by Crippen LogP contribution is -2.27. The van der Waals surface area contributed by atoms with Crippen molar-refractivity contribution in [3.63, 3.8) is 0 Å². The van der Waals surface area contributed by atoms with E-state index in [9.17, 15) is 23.1 Å². The normalized spacial score (nSPS) is 12.7. The Balaban J connectivity index is 1.75. The number of aryl methyl sites for hydroxylation is 1. The van der Waals surface area contributed by atoms with Crippen LogP contribution >= 0.6 is 0 Å². The molecule has 3 rings (SSSR count). The number of carboxylic acids is 1. The van der Waals surface area contributed by atoms with Crippen LogP contribution in [-0.4, -0.2) is 45.1 Å². The van der Waals surface area contributed by atoms with Crippen LogP contribution in [0.2, 0.25) is 0 Å². The molecule has 0 aliphatic rings. The van der Waals surface area contributed by atoms with Crippen LogP contribution in [0.5, 0.6) is 0 Å². The molecular formula is C23H26N4O6S. The number of nitrogens with one attached hydrogen (secondary N) is 1. The predicted octanol–water partition coefficient (Wildman–Crippen LogP) is 3.58. The summed E-state index contributed by atoms with van der Waals surface area (Å²) >= 11 is 0. The lowest BCUT2D eigenvalue weighted by atomic mass is 9.98. The van der Waals surface area contributed by atoms with Crippen molar-refractivity contribution in [2.24, 2.45) is 0 Å². The van der Waals surface area contributed by atoms with Gasteiger partial charge < -0.3 is 9.84 Å². The first-order valence-electron chi connectivity index (χ1n) is 10.4. The van der Waals surface area contributed by atoms with Crippen LogP contribution < -0.4 is 5.32 Å². The van der Waals surface area contributed by atoms with E-state index in [1.54, 1.807) is 39.0 Å². The van der Waals surface area contributed by atoms with Crippen molar-refractivity contribution in [3.8, 4) is 0 Å². The average molecular weight is 487 g/mol. The molecule has 34 heavy (non-hydrogen) atoms. The Bertz CT molecular complexity index is 1280. The van der Waals surface area contributed by atoms with Crippen molar-refractivity contribution in [1.82, 2.24) is 13.9 Å². The van der Waals surface area contributed by atoms with Gasteiger partial charge in [-0.15, -0.1) is 0 Å². The van der Waals surface area contributed by atoms with Gasteiger partial charge in [0.15, 0.2) is 0 Å². The number of benzene rings is 1. The number of amides is 1. The number of carbonyl (C=O) groups excluding carboxylic acids is 1. The van der Waals surface area contributed by atoms with Crippen LogP contribution in [-0.2, 0) is 26.0 Å². The van der Waals surface area contributed by atoms with Crippen molar-refractivity contribution >= 4 is 27.9 Å². The summed E-state index contributed by atoms with van der Waals surface area (Å²) in [5.74, 6) is -2.01. The molecule has 2 heterocycles. The Labute approximate surface area is 197 Å². The number of anilines is 1. The lowest BCUT2D eigenvalue weighted by molar-refractivity contribution is -0.138. The fourth-order valence-electron chi connectivity index (χ4n) is 3.05. The van der Waals surface area contributed by atoms with Gasteiger partial charge in [0, 0.05) is 12.4 Å². The molecule has 1 unspecified atom stereocenters. The van der Waals surface area contributed by atoms with E-state index in [0.29, 0.717) is 5.56 Å². The second kappa shape index (κ2) is 9.64. The minimum absolute atomic E-state index is 0.0244. The van der Waals surface area contributed by atoms with Crippen LogP contribution in [0.1, 0.15) is 43.5 Å². The van der Waals surface area contributed by atoms with Crippen LogP contribution in [0.3, 0.4) is 0 Å². The van der Waals surface area contributed by atoms with E-state index in [1.807, 2.05) is 6.92 Å². The van der Waals surface area contributed by atoms with Gasteiger partial charge in [-0.3, -0.25) is 10.1 Å². The van der Waals surface area contributed by atoms with E-state index in [4.69, 9.17) is 4.74 Å². The van der Waals surface area contributed by atoms with Gasteiger partial charge in [0.2, 0.25) is 0 Å². The molecule has 0 saturated heterocycles. The first-order valence-corrected chi connectivity index (χ1v) is 11.8. The largest absolute Gasteiger partial charge is 0.481 e. The minimum atomic E-state index is -3.90. The fourth-order valence-corrected chi connectivity index (χ4v) is 4.19. The maximum atomic E-state index is 12.8. The maximum Gasteiger partial charge on any atom is 0.413 e. The van der Waals surface area contributed by atoms with E-state index in [1.165, 1.54) is 30.6 Å². The second-order valence-electron chi connectivity index (χ2n) is 8.72. The van der Waals surface area contributed by atoms with Crippen LogP contribution in [0, 0.1) is 6.92 Å². The molecule has 1 aromatic carbocycles. The molecule has 0 radical (unpaired) electrons. The van der Waals surface area contributed by atoms with Gasteiger partial charge in [0.1, 0.15) is 23.7 Å². The second-order valence-corrected chi connectivity index (χ2v) is 10.6. The number of aliphatic carboxylic acids is 1. The number of carboxylic acid groups (broad SMARTS) is 1. The third kappa shape index (κ3) is 6.19. The molecule has 0 aliphatic heterocycles. The summed E-state index contributed by atoms with van der Waals surface area (Å²) in [6.07, 6.45) is 3.10. The van der Waals surface area contributed by atoms with E-state index in [0.717, 1.165) is 15.9 Å². The highest BCUT2D eigenvalue weighted by molar-refractivity contribution is 7.90. The Hall–Kier alpha value is -3.73. The standard InChI is InChI=1S/C23H26N4O6S/c1-15-5-8-17(9-6-15)34(31,32)27-13-19(25-14-27)18(21(28)29)11-16-7-10-20(24-12-16)26-22(30)33-23(2,3)4/h5-10,12-14,18H,11H2,1-4H3,(H,28,29)(H,24,26,30). The third-order valence-electron chi connectivity index (χ3n) is 4.73. The molecule has 0 bridgehead atoms. The fraction of sp³-hybridized carbons (Fsp3) is 0.304. The quantitative estimate of drug-likeness (QED) is 0.516. The molecular weight excluding hydrogens is 460 g/mol. The smallest absolute Gasteiger partial charge is 0.413 e. The summed E-state index contributed by atoms with van der Waals surface area (Å²) in [5, 5.41) is 12.2. The topological polar surface area (TPSA) is 140 Å². The number of imidazole rings is 1. The van der Waals surface area contributed by atoms with E-state index in [2.05, 4.69) is 15.3 Å². The molecule has 1 atom stereocenters. The summed E-state index contributed by atoms with van der Waals surface area (Å²) in [5.41, 5.74) is 0.920. The highest BCUT2D eigenvalue weighted by Crippen LogP contribution is 2.23. The molecule has 0 saturated carbocycles. The number of ether oxygens (including phenoxy) is 1. The molecule has 0 spiro atoms. The van der Waals surface area contributed by atoms with Crippen molar-refractivity contribution in [3.05, 3.63) is 71.9 Å². The third-order valence-corrected chi connectivity index (χ3v) is 6.35. The molecule has 2 aromatic heterocycles. The number of carbonyl (C=O) groups is 2. The van der Waals surface area contributed by atoms with E-state index >= 15 is 0 Å². The lowest BCUT2D eigenvalue weighted by Gasteiger charge is -2.19. The number of rotatable bonds is 7. The highest BCUT2D eigenvalue weighted by Gasteiger charge is 2.26. The van der Waals surface area contributed by atoms with Gasteiger partial charge in [0.05, 0.1) is 10.6 Å². The summed E-state index contributed by atoms with van der Waals surface area (Å²) in [7, 11) is -3.90. The van der Waals surface area contributed by atoms with Gasteiger partial charge in [-0.25, -0.2) is 27.2 Å². The van der Waals surface area contributed by atoms with Crippen LogP contribution in [0.4, 0.5) is 10.6 Å². The number of aromatic nitrogens is 3. The SMILES string of the molecule is Cc1ccc(S(=O)(=O)n2cnc(C(Cc3ccc(NC(=O)OC(C)(C)C)nc3)C(=O)O)c2)cc1. The summed E-state index contributed by atoms with van der Waals surface area (Å²) in [6.45, 7) is 7.06. The molecule has 0 aliphatic carbocycles. The molecule has 3 aromatic rings. The van der Waals surface area contributed by atoms with Crippen molar-refractivity contribution in [2.45, 2.75) is 50.5 Å². The first-order chi connectivity index (χ1) is 15.8. The molecule has 0 fully saturated rings. The average Bonchev–Trinajstić information content (AvgIpc) is 3.22. The monoisotopic (exact) mass is 486 g/mol. The van der Waals surface area contributed by atoms with Crippen molar-refractivity contribution in [1.29, 1.82) is 0 Å². The van der Waals surface area contributed by atoms with Crippen molar-refractivity contribution < 1.29 is 27.9 Å². The first kappa shape index (κ1) is 24.9. The number of nitrogens with zero attached hydrogens (tertiary/aromatic N) is 3. The van der Waals surface area contributed by atoms with E-state index < -0.39 is 33.6 Å². The Morgan fingerprint density at radius 1 is 1.12 bits per heavy atom. The zero-order valence-corrected chi connectivity index (χ0v) is 20.0. The van der Waals surface area contributed by atoms with Crippen LogP contribution in [0.25, 0.3) is 0 Å². The van der Waals surface area contributed by atoms with Crippen molar-refractivity contribution in [2.75, 3.05) is 5.32 Å². The predicted molar refractivity (Wildman–Crippen MR) is 124 cm³/mol. The minimum Gasteiger partial charge on any atom is -0.481 e. The van der Waals surface area contributed by atoms with Gasteiger partial charge >= 0.3 is 12.1 Å². The van der Waals surface area contributed by atoms with Gasteiger partial charge in [-0.2, -0.15) is 0 Å². The molecule has 180 valence electrons. The molecule has 1 amide bonds. The zero-order chi connectivity index (χ0) is 25.1. The Morgan fingerprint density at radius 2 is 1.79 bits per heavy atom. The maximum absolute atomic E-state index is 12.8. The summed E-state index contributed by atoms with van der Waals surface area (Å²) in [6, 6.07) is 9.47. The Kier molecular flexibility index (Phi) is 7.06.